The largest absolute Gasteiger partial charge is 0.319 e. The first-order valence-corrected chi connectivity index (χ1v) is 19.6. The maximum absolute atomic E-state index is 11.2. The molecule has 0 atom stereocenters. The van der Waals surface area contributed by atoms with E-state index in [1.54, 1.807) is 0 Å². The van der Waals surface area contributed by atoms with Gasteiger partial charge < -0.3 is 13.7 Å². The van der Waals surface area contributed by atoms with Crippen molar-refractivity contribution in [3.05, 3.63) is 192 Å². The van der Waals surface area contributed by atoms with E-state index in [1.807, 2.05) is 24.3 Å². The van der Waals surface area contributed by atoms with Gasteiger partial charge in [0.1, 0.15) is 6.07 Å². The van der Waals surface area contributed by atoms with Crippen LogP contribution in [0.15, 0.2) is 164 Å². The van der Waals surface area contributed by atoms with Crippen LogP contribution in [0, 0.1) is 17.9 Å². The van der Waals surface area contributed by atoms with Crippen molar-refractivity contribution in [2.24, 2.45) is 0 Å². The van der Waals surface area contributed by atoms with Crippen molar-refractivity contribution in [1.29, 1.82) is 5.26 Å². The number of hydrogen-bond acceptors (Lipinski definition) is 1. The van der Waals surface area contributed by atoms with Crippen molar-refractivity contribution in [3.63, 3.8) is 0 Å². The number of para-hydroxylation sites is 4. The van der Waals surface area contributed by atoms with Crippen molar-refractivity contribution in [3.8, 4) is 34.3 Å². The Balaban J connectivity index is 1.19. The van der Waals surface area contributed by atoms with E-state index >= 15 is 0 Å². The molecule has 5 heteroatoms. The van der Waals surface area contributed by atoms with Gasteiger partial charge in [0.15, 0.2) is 0 Å². The summed E-state index contributed by atoms with van der Waals surface area (Å²) in [6.45, 7) is 13.3. The standard InChI is InChI=1S/C53H33N5/c1-53(2)42-21-11-7-17-34(42)40-28-41-37-20-10-13-23-46(37)57(49(41)29-43(40)53)50-27-32(31-54)48(30-44(50)55-3)58-47-24-14-9-19-36(47)39-26-25-38-35-18-8-12-22-45(35)56(51(38)52(39)58)33-15-5-4-6-16-33/h4-30H,1-2H3. The number of rotatable bonds is 3. The van der Waals surface area contributed by atoms with Crippen LogP contribution in [0.5, 0.6) is 0 Å². The Kier molecular flexibility index (Phi) is 6.47. The first-order chi connectivity index (χ1) is 28.5. The third kappa shape index (κ3) is 4.12. The van der Waals surface area contributed by atoms with Crippen LogP contribution in [0.4, 0.5) is 5.69 Å². The highest BCUT2D eigenvalue weighted by molar-refractivity contribution is 6.24. The molecular weight excluding hydrogens is 707 g/mol. The molecule has 0 bridgehead atoms. The summed E-state index contributed by atoms with van der Waals surface area (Å²) < 4.78 is 6.77. The number of benzene rings is 8. The van der Waals surface area contributed by atoms with E-state index in [0.29, 0.717) is 22.6 Å². The van der Waals surface area contributed by atoms with Crippen LogP contribution in [0.25, 0.3) is 98.5 Å². The maximum Gasteiger partial charge on any atom is 0.212 e. The smallest absolute Gasteiger partial charge is 0.212 e. The van der Waals surface area contributed by atoms with Crippen molar-refractivity contribution >= 4 is 71.1 Å². The minimum atomic E-state index is -0.199. The summed E-state index contributed by atoms with van der Waals surface area (Å²) in [4.78, 5) is 4.24. The van der Waals surface area contributed by atoms with Crippen LogP contribution in [0.3, 0.4) is 0 Å². The predicted octanol–water partition coefficient (Wildman–Crippen LogP) is 13.7. The van der Waals surface area contributed by atoms with Gasteiger partial charge in [-0.1, -0.05) is 123 Å². The molecule has 0 radical (unpaired) electrons. The molecule has 0 unspecified atom stereocenters. The second-order valence-electron chi connectivity index (χ2n) is 15.9. The zero-order valence-corrected chi connectivity index (χ0v) is 31.8. The van der Waals surface area contributed by atoms with Crippen LogP contribution < -0.4 is 0 Å². The van der Waals surface area contributed by atoms with Gasteiger partial charge in [0.2, 0.25) is 5.69 Å². The average Bonchev–Trinajstić information content (AvgIpc) is 3.96. The van der Waals surface area contributed by atoms with Crippen LogP contribution in [0.2, 0.25) is 0 Å². The van der Waals surface area contributed by atoms with Crippen molar-refractivity contribution in [1.82, 2.24) is 13.7 Å². The fraction of sp³-hybridized carbons (Fsp3) is 0.0566. The molecule has 0 amide bonds. The van der Waals surface area contributed by atoms with Gasteiger partial charge in [-0.15, -0.1) is 0 Å². The van der Waals surface area contributed by atoms with E-state index in [1.165, 1.54) is 22.3 Å². The molecule has 5 nitrogen and oxygen atoms in total. The third-order valence-corrected chi connectivity index (χ3v) is 12.7. The lowest BCUT2D eigenvalue weighted by Gasteiger charge is -2.22. The summed E-state index contributed by atoms with van der Waals surface area (Å²) in [7, 11) is 0. The normalized spacial score (nSPS) is 13.1. The summed E-state index contributed by atoms with van der Waals surface area (Å²) in [6.07, 6.45) is 0. The lowest BCUT2D eigenvalue weighted by molar-refractivity contribution is 0.661. The van der Waals surface area contributed by atoms with E-state index in [2.05, 4.69) is 178 Å². The van der Waals surface area contributed by atoms with E-state index in [4.69, 9.17) is 6.57 Å². The van der Waals surface area contributed by atoms with Crippen LogP contribution in [-0.2, 0) is 5.41 Å². The Hall–Kier alpha value is -7.86. The highest BCUT2D eigenvalue weighted by atomic mass is 15.1. The molecule has 1 aliphatic rings. The fourth-order valence-corrected chi connectivity index (χ4v) is 10.1. The van der Waals surface area contributed by atoms with E-state index in [0.717, 1.165) is 71.1 Å². The van der Waals surface area contributed by atoms with Gasteiger partial charge in [0.25, 0.3) is 0 Å². The molecule has 0 fully saturated rings. The summed E-state index contributed by atoms with van der Waals surface area (Å²) in [5.41, 5.74) is 14.4. The summed E-state index contributed by atoms with van der Waals surface area (Å²) in [5.74, 6) is 0. The van der Waals surface area contributed by atoms with Gasteiger partial charge in [0.05, 0.1) is 56.6 Å². The van der Waals surface area contributed by atoms with Crippen LogP contribution in [-0.4, -0.2) is 13.7 Å². The maximum atomic E-state index is 11.2. The minimum Gasteiger partial charge on any atom is -0.319 e. The number of nitriles is 1. The topological polar surface area (TPSA) is 42.9 Å². The number of hydrogen-bond donors (Lipinski definition) is 0. The molecule has 3 heterocycles. The summed E-state index contributed by atoms with van der Waals surface area (Å²) >= 11 is 0. The van der Waals surface area contributed by atoms with Gasteiger partial charge in [0, 0.05) is 43.4 Å². The SMILES string of the molecule is [C-]#[N+]c1cc(-n2c3ccccc3c3ccc4c5ccccc5n(-c5ccccc5)c4c32)c(C#N)cc1-n1c2ccccc2c2cc3c(cc21)C(C)(C)c1ccccc1-3. The summed E-state index contributed by atoms with van der Waals surface area (Å²) in [5, 5.41) is 17.9. The Morgan fingerprint density at radius 2 is 1.05 bits per heavy atom. The number of nitrogens with zero attached hydrogens (tertiary/aromatic N) is 5. The Labute approximate surface area is 334 Å². The molecule has 0 N–H and O–H groups in total. The molecule has 0 spiro atoms. The fourth-order valence-electron chi connectivity index (χ4n) is 10.1. The van der Waals surface area contributed by atoms with Crippen molar-refractivity contribution in [2.45, 2.75) is 19.3 Å². The molecule has 0 aliphatic heterocycles. The number of fused-ring (bicyclic) bond motifs is 13. The molecule has 1 aliphatic carbocycles. The van der Waals surface area contributed by atoms with Crippen LogP contribution in [0.1, 0.15) is 30.5 Å². The van der Waals surface area contributed by atoms with Crippen LogP contribution >= 0.6 is 0 Å². The zero-order valence-electron chi connectivity index (χ0n) is 31.8. The van der Waals surface area contributed by atoms with Crippen molar-refractivity contribution < 1.29 is 0 Å². The molecule has 11 aromatic rings. The Morgan fingerprint density at radius 1 is 0.483 bits per heavy atom. The summed E-state index contributed by atoms with van der Waals surface area (Å²) in [6, 6.07) is 60.1. The second-order valence-corrected chi connectivity index (χ2v) is 15.9. The first-order valence-electron chi connectivity index (χ1n) is 19.6. The quantitative estimate of drug-likeness (QED) is 0.166. The monoisotopic (exact) mass is 739 g/mol. The Morgan fingerprint density at radius 3 is 1.72 bits per heavy atom. The van der Waals surface area contributed by atoms with Gasteiger partial charge in [-0.3, -0.25) is 0 Å². The van der Waals surface area contributed by atoms with Gasteiger partial charge >= 0.3 is 0 Å². The van der Waals surface area contributed by atoms with E-state index in [9.17, 15) is 5.26 Å². The third-order valence-electron chi connectivity index (χ3n) is 12.7. The lowest BCUT2D eigenvalue weighted by Crippen LogP contribution is -2.15. The van der Waals surface area contributed by atoms with Gasteiger partial charge in [-0.05, 0) is 76.9 Å². The first kappa shape index (κ1) is 32.4. The molecule has 3 aromatic heterocycles. The highest BCUT2D eigenvalue weighted by Crippen LogP contribution is 2.51. The molecule has 270 valence electrons. The second kappa shape index (κ2) is 11.6. The predicted molar refractivity (Wildman–Crippen MR) is 238 cm³/mol. The van der Waals surface area contributed by atoms with E-state index < -0.39 is 0 Å². The highest BCUT2D eigenvalue weighted by Gasteiger charge is 2.36. The molecular formula is C53H33N5. The molecule has 0 saturated carbocycles. The molecule has 12 rings (SSSR count). The average molecular weight is 740 g/mol. The van der Waals surface area contributed by atoms with Gasteiger partial charge in [-0.2, -0.15) is 5.26 Å². The molecule has 58 heavy (non-hydrogen) atoms. The number of aromatic nitrogens is 3. The van der Waals surface area contributed by atoms with Crippen molar-refractivity contribution in [2.75, 3.05) is 0 Å². The van der Waals surface area contributed by atoms with E-state index in [-0.39, 0.29) is 5.41 Å². The lowest BCUT2D eigenvalue weighted by atomic mass is 9.82. The molecule has 0 saturated heterocycles. The zero-order chi connectivity index (χ0) is 38.9. The Bertz CT molecular complexity index is 3670. The van der Waals surface area contributed by atoms with Gasteiger partial charge in [-0.25, -0.2) is 4.85 Å². The molecule has 8 aromatic carbocycles. The minimum absolute atomic E-state index is 0.199.